The third kappa shape index (κ3) is 4.71. The number of halogens is 2. The van der Waals surface area contributed by atoms with E-state index in [0.29, 0.717) is 18.4 Å². The van der Waals surface area contributed by atoms with E-state index >= 15 is 0 Å². The van der Waals surface area contributed by atoms with Crippen molar-refractivity contribution in [2.24, 2.45) is 0 Å². The summed E-state index contributed by atoms with van der Waals surface area (Å²) in [4.78, 5) is 0. The smallest absolute Gasteiger partial charge is 0.111 e. The molecule has 0 aromatic carbocycles. The Morgan fingerprint density at radius 1 is 1.18 bits per heavy atom. The summed E-state index contributed by atoms with van der Waals surface area (Å²) < 4.78 is 24.5. The standard InChI is InChI=1S/C9H14F2/c1-3-8(7-10)5-6-9(11)4-2/h5-6H,3-4,7H2,1-2H3/b8-5+,9-6+. The fourth-order valence-corrected chi connectivity index (χ4v) is 0.583. The van der Waals surface area contributed by atoms with E-state index in [1.165, 1.54) is 12.2 Å². The van der Waals surface area contributed by atoms with Crippen LogP contribution < -0.4 is 0 Å². The van der Waals surface area contributed by atoms with Crippen LogP contribution in [0.25, 0.3) is 0 Å². The van der Waals surface area contributed by atoms with E-state index in [4.69, 9.17) is 0 Å². The van der Waals surface area contributed by atoms with E-state index in [1.807, 2.05) is 6.92 Å². The minimum atomic E-state index is -0.482. The fraction of sp³-hybridized carbons (Fsp3) is 0.556. The Balaban J connectivity index is 4.06. The van der Waals surface area contributed by atoms with Crippen LogP contribution in [-0.4, -0.2) is 6.67 Å². The van der Waals surface area contributed by atoms with Crippen LogP contribution in [0.4, 0.5) is 8.78 Å². The normalized spacial score (nSPS) is 13.8. The molecule has 64 valence electrons. The van der Waals surface area contributed by atoms with Crippen molar-refractivity contribution in [3.8, 4) is 0 Å². The Labute approximate surface area is 66.6 Å². The van der Waals surface area contributed by atoms with Crippen LogP contribution in [0.3, 0.4) is 0 Å². The molecule has 0 unspecified atom stereocenters. The highest BCUT2D eigenvalue weighted by Gasteiger charge is 1.90. The molecule has 0 spiro atoms. The molecule has 0 amide bonds. The number of hydrogen-bond donors (Lipinski definition) is 0. The van der Waals surface area contributed by atoms with Crippen LogP contribution in [0.5, 0.6) is 0 Å². The highest BCUT2D eigenvalue weighted by atomic mass is 19.1. The van der Waals surface area contributed by atoms with Crippen LogP contribution in [0.15, 0.2) is 23.6 Å². The molecule has 0 bridgehead atoms. The molecule has 2 heteroatoms. The second-order valence-electron chi connectivity index (χ2n) is 2.28. The lowest BCUT2D eigenvalue weighted by atomic mass is 10.2. The molecule has 0 aromatic rings. The molecule has 0 saturated carbocycles. The molecule has 0 aliphatic rings. The molecular formula is C9H14F2. The van der Waals surface area contributed by atoms with E-state index in [1.54, 1.807) is 6.92 Å². The molecule has 0 saturated heterocycles. The zero-order valence-electron chi connectivity index (χ0n) is 7.03. The first-order valence-electron chi connectivity index (χ1n) is 3.84. The van der Waals surface area contributed by atoms with E-state index in [0.717, 1.165) is 0 Å². The third-order valence-corrected chi connectivity index (χ3v) is 1.46. The highest BCUT2D eigenvalue weighted by molar-refractivity contribution is 5.14. The molecular weight excluding hydrogens is 146 g/mol. The number of rotatable bonds is 4. The van der Waals surface area contributed by atoms with Gasteiger partial charge in [-0.1, -0.05) is 19.9 Å². The van der Waals surface area contributed by atoms with Gasteiger partial charge in [0.25, 0.3) is 0 Å². The average Bonchev–Trinajstić information content (AvgIpc) is 2.06. The maximum atomic E-state index is 12.5. The summed E-state index contributed by atoms with van der Waals surface area (Å²) in [7, 11) is 0. The Morgan fingerprint density at radius 3 is 2.18 bits per heavy atom. The zero-order valence-corrected chi connectivity index (χ0v) is 7.03. The molecule has 0 aromatic heterocycles. The second-order valence-corrected chi connectivity index (χ2v) is 2.28. The molecule has 0 aliphatic carbocycles. The first kappa shape index (κ1) is 10.3. The summed E-state index contributed by atoms with van der Waals surface area (Å²) in [5.74, 6) is -0.204. The second kappa shape index (κ2) is 6.08. The van der Waals surface area contributed by atoms with Gasteiger partial charge in [0.15, 0.2) is 0 Å². The molecule has 0 N–H and O–H groups in total. The quantitative estimate of drug-likeness (QED) is 0.551. The van der Waals surface area contributed by atoms with Gasteiger partial charge in [-0.15, -0.1) is 0 Å². The summed E-state index contributed by atoms with van der Waals surface area (Å²) >= 11 is 0. The van der Waals surface area contributed by atoms with Gasteiger partial charge in [-0.25, -0.2) is 8.78 Å². The Kier molecular flexibility index (Phi) is 5.71. The zero-order chi connectivity index (χ0) is 8.69. The predicted molar refractivity (Wildman–Crippen MR) is 43.8 cm³/mol. The summed E-state index contributed by atoms with van der Waals surface area (Å²) in [5, 5.41) is 0. The minimum absolute atomic E-state index is 0.204. The topological polar surface area (TPSA) is 0 Å². The summed E-state index contributed by atoms with van der Waals surface area (Å²) in [5.41, 5.74) is 0.633. The van der Waals surface area contributed by atoms with Crippen molar-refractivity contribution in [3.05, 3.63) is 23.6 Å². The summed E-state index contributed by atoms with van der Waals surface area (Å²) in [6.07, 6.45) is 3.86. The average molecular weight is 160 g/mol. The fourth-order valence-electron chi connectivity index (χ4n) is 0.583. The molecule has 11 heavy (non-hydrogen) atoms. The van der Waals surface area contributed by atoms with Crippen molar-refractivity contribution < 1.29 is 8.78 Å². The Morgan fingerprint density at radius 2 is 1.82 bits per heavy atom. The molecule has 0 rings (SSSR count). The number of hydrogen-bond acceptors (Lipinski definition) is 0. The highest BCUT2D eigenvalue weighted by Crippen LogP contribution is 2.06. The van der Waals surface area contributed by atoms with Crippen molar-refractivity contribution >= 4 is 0 Å². The van der Waals surface area contributed by atoms with Crippen LogP contribution in [0, 0.1) is 0 Å². The van der Waals surface area contributed by atoms with Crippen molar-refractivity contribution in [2.45, 2.75) is 26.7 Å². The van der Waals surface area contributed by atoms with E-state index < -0.39 is 6.67 Å². The molecule has 0 nitrogen and oxygen atoms in total. The molecule has 0 heterocycles. The van der Waals surface area contributed by atoms with Crippen LogP contribution in [0.2, 0.25) is 0 Å². The number of alkyl halides is 1. The van der Waals surface area contributed by atoms with E-state index in [2.05, 4.69) is 0 Å². The van der Waals surface area contributed by atoms with Crippen molar-refractivity contribution in [1.29, 1.82) is 0 Å². The van der Waals surface area contributed by atoms with Gasteiger partial charge in [-0.05, 0) is 24.5 Å². The SMILES string of the molecule is CC/C(F)=C\C=C(/CC)CF. The van der Waals surface area contributed by atoms with E-state index in [9.17, 15) is 8.78 Å². The van der Waals surface area contributed by atoms with Crippen LogP contribution in [0.1, 0.15) is 26.7 Å². The Bertz CT molecular complexity index is 151. The number of allylic oxidation sites excluding steroid dienone is 4. The van der Waals surface area contributed by atoms with Gasteiger partial charge in [0, 0.05) is 0 Å². The lowest BCUT2D eigenvalue weighted by molar-refractivity contribution is 0.534. The maximum Gasteiger partial charge on any atom is 0.111 e. The predicted octanol–water partition coefficient (Wildman–Crippen LogP) is 3.56. The first-order chi connectivity index (χ1) is 5.24. The van der Waals surface area contributed by atoms with Gasteiger partial charge < -0.3 is 0 Å². The molecule has 0 atom stereocenters. The van der Waals surface area contributed by atoms with E-state index in [-0.39, 0.29) is 5.83 Å². The third-order valence-electron chi connectivity index (χ3n) is 1.46. The van der Waals surface area contributed by atoms with Gasteiger partial charge in [0.05, 0.1) is 5.83 Å². The van der Waals surface area contributed by atoms with Crippen molar-refractivity contribution in [3.63, 3.8) is 0 Å². The van der Waals surface area contributed by atoms with Crippen molar-refractivity contribution in [2.75, 3.05) is 6.67 Å². The molecule has 0 radical (unpaired) electrons. The van der Waals surface area contributed by atoms with Crippen LogP contribution >= 0.6 is 0 Å². The lowest BCUT2D eigenvalue weighted by Gasteiger charge is -1.93. The van der Waals surface area contributed by atoms with Gasteiger partial charge >= 0.3 is 0 Å². The van der Waals surface area contributed by atoms with Crippen LogP contribution in [-0.2, 0) is 0 Å². The molecule has 0 fully saturated rings. The van der Waals surface area contributed by atoms with Gasteiger partial charge in [-0.3, -0.25) is 0 Å². The van der Waals surface area contributed by atoms with Gasteiger partial charge in [-0.2, -0.15) is 0 Å². The lowest BCUT2D eigenvalue weighted by Crippen LogP contribution is -1.81. The Hall–Kier alpha value is -0.660. The summed E-state index contributed by atoms with van der Waals surface area (Å²) in [6.45, 7) is 3.09. The summed E-state index contributed by atoms with van der Waals surface area (Å²) in [6, 6.07) is 0. The minimum Gasteiger partial charge on any atom is -0.246 e. The largest absolute Gasteiger partial charge is 0.246 e. The first-order valence-corrected chi connectivity index (χ1v) is 3.84. The van der Waals surface area contributed by atoms with Gasteiger partial charge in [0.1, 0.15) is 6.67 Å². The molecule has 0 aliphatic heterocycles. The maximum absolute atomic E-state index is 12.5. The van der Waals surface area contributed by atoms with Gasteiger partial charge in [0.2, 0.25) is 0 Å². The monoisotopic (exact) mass is 160 g/mol. The van der Waals surface area contributed by atoms with Crippen molar-refractivity contribution in [1.82, 2.24) is 0 Å².